The predicted octanol–water partition coefficient (Wildman–Crippen LogP) is 1.58. The second kappa shape index (κ2) is 7.95. The zero-order valence-electron chi connectivity index (χ0n) is 11.5. The molecule has 0 bridgehead atoms. The van der Waals surface area contributed by atoms with E-state index in [-0.39, 0.29) is 23.1 Å². The Labute approximate surface area is 125 Å². The number of hydrogen-bond donors (Lipinski definition) is 2. The second-order valence-corrected chi connectivity index (χ2v) is 6.76. The second-order valence-electron chi connectivity index (χ2n) is 4.45. The van der Waals surface area contributed by atoms with Crippen LogP contribution in [0, 0.1) is 0 Å². The number of benzene rings is 1. The Kier molecular flexibility index (Phi) is 6.91. The number of nitrogens with two attached hydrogens (primary N) is 1. The Morgan fingerprint density at radius 2 is 2.05 bits per heavy atom. The third-order valence-corrected chi connectivity index (χ3v) is 5.34. The van der Waals surface area contributed by atoms with Gasteiger partial charge in [0.1, 0.15) is 4.90 Å². The van der Waals surface area contributed by atoms with E-state index in [4.69, 9.17) is 22.4 Å². The summed E-state index contributed by atoms with van der Waals surface area (Å²) in [6, 6.07) is 4.68. The average Bonchev–Trinajstić information content (AvgIpc) is 2.42. The quantitative estimate of drug-likeness (QED) is 0.761. The fourth-order valence-electron chi connectivity index (χ4n) is 1.82. The van der Waals surface area contributed by atoms with Gasteiger partial charge in [-0.1, -0.05) is 31.0 Å². The van der Waals surface area contributed by atoms with E-state index in [0.717, 1.165) is 18.4 Å². The summed E-state index contributed by atoms with van der Waals surface area (Å²) in [5.74, 6) is 0. The van der Waals surface area contributed by atoms with Crippen LogP contribution in [0.25, 0.3) is 0 Å². The van der Waals surface area contributed by atoms with E-state index in [9.17, 15) is 8.42 Å². The lowest BCUT2D eigenvalue weighted by atomic mass is 10.2. The zero-order chi connectivity index (χ0) is 15.2. The van der Waals surface area contributed by atoms with Gasteiger partial charge in [0, 0.05) is 19.6 Å². The number of halogens is 1. The minimum atomic E-state index is -3.69. The molecule has 114 valence electrons. The summed E-state index contributed by atoms with van der Waals surface area (Å²) in [7, 11) is -3.69. The third kappa shape index (κ3) is 4.17. The van der Waals surface area contributed by atoms with Crippen LogP contribution >= 0.6 is 11.6 Å². The van der Waals surface area contributed by atoms with Crippen molar-refractivity contribution in [2.45, 2.75) is 31.2 Å². The monoisotopic (exact) mass is 320 g/mol. The molecule has 1 rings (SSSR count). The Hall–Kier alpha value is -0.660. The van der Waals surface area contributed by atoms with E-state index in [1.807, 2.05) is 6.92 Å². The van der Waals surface area contributed by atoms with E-state index < -0.39 is 10.0 Å². The summed E-state index contributed by atoms with van der Waals surface area (Å²) in [6.45, 7) is 2.50. The van der Waals surface area contributed by atoms with Crippen molar-refractivity contribution in [1.29, 1.82) is 0 Å². The van der Waals surface area contributed by atoms with Gasteiger partial charge in [0.05, 0.1) is 11.6 Å². The smallest absolute Gasteiger partial charge is 0.244 e. The molecule has 7 heteroatoms. The van der Waals surface area contributed by atoms with Crippen LogP contribution < -0.4 is 5.73 Å². The molecule has 0 saturated heterocycles. The molecular formula is C13H21ClN2O3S. The molecule has 0 saturated carbocycles. The number of rotatable bonds is 8. The summed E-state index contributed by atoms with van der Waals surface area (Å²) in [6.07, 6.45) is 1.61. The molecule has 0 fully saturated rings. The Bertz CT molecular complexity index is 534. The minimum Gasteiger partial charge on any atom is -0.395 e. The van der Waals surface area contributed by atoms with Crippen LogP contribution in [0.3, 0.4) is 0 Å². The molecule has 0 unspecified atom stereocenters. The summed E-state index contributed by atoms with van der Waals surface area (Å²) < 4.78 is 26.4. The van der Waals surface area contributed by atoms with Gasteiger partial charge in [-0.3, -0.25) is 0 Å². The molecule has 0 aromatic heterocycles. The van der Waals surface area contributed by atoms with Crippen molar-refractivity contribution < 1.29 is 13.5 Å². The van der Waals surface area contributed by atoms with Crippen LogP contribution in [0.15, 0.2) is 23.1 Å². The van der Waals surface area contributed by atoms with Gasteiger partial charge in [-0.25, -0.2) is 8.42 Å². The van der Waals surface area contributed by atoms with Crippen molar-refractivity contribution in [2.75, 3.05) is 19.7 Å². The SMILES string of the molecule is CCCCN(CCO)S(=O)(=O)c1ccc(CN)cc1Cl. The fraction of sp³-hybridized carbons (Fsp3) is 0.538. The lowest BCUT2D eigenvalue weighted by molar-refractivity contribution is 0.252. The van der Waals surface area contributed by atoms with Gasteiger partial charge < -0.3 is 10.8 Å². The number of aliphatic hydroxyl groups excluding tert-OH is 1. The molecule has 0 aliphatic carbocycles. The molecule has 1 aromatic carbocycles. The van der Waals surface area contributed by atoms with Gasteiger partial charge in [0.15, 0.2) is 0 Å². The van der Waals surface area contributed by atoms with Crippen LogP contribution in [0.4, 0.5) is 0 Å². The van der Waals surface area contributed by atoms with Gasteiger partial charge in [-0.15, -0.1) is 0 Å². The summed E-state index contributed by atoms with van der Waals surface area (Å²) in [4.78, 5) is 0.0564. The van der Waals surface area contributed by atoms with Gasteiger partial charge in [-0.05, 0) is 24.1 Å². The number of hydrogen-bond acceptors (Lipinski definition) is 4. The Balaban J connectivity index is 3.11. The highest BCUT2D eigenvalue weighted by Gasteiger charge is 2.25. The number of nitrogens with zero attached hydrogens (tertiary/aromatic N) is 1. The summed E-state index contributed by atoms with van der Waals surface area (Å²) in [5.41, 5.74) is 6.27. The van der Waals surface area contributed by atoms with E-state index in [1.165, 1.54) is 10.4 Å². The van der Waals surface area contributed by atoms with Crippen LogP contribution in [0.1, 0.15) is 25.3 Å². The predicted molar refractivity (Wildman–Crippen MR) is 80.1 cm³/mol. The topological polar surface area (TPSA) is 83.6 Å². The highest BCUT2D eigenvalue weighted by atomic mass is 35.5. The van der Waals surface area contributed by atoms with E-state index in [1.54, 1.807) is 12.1 Å². The Morgan fingerprint density at radius 1 is 1.35 bits per heavy atom. The maximum atomic E-state index is 12.5. The van der Waals surface area contributed by atoms with Crippen molar-refractivity contribution >= 4 is 21.6 Å². The summed E-state index contributed by atoms with van der Waals surface area (Å²) in [5, 5.41) is 9.20. The van der Waals surface area contributed by atoms with E-state index in [0.29, 0.717) is 13.1 Å². The third-order valence-electron chi connectivity index (χ3n) is 2.96. The van der Waals surface area contributed by atoms with Gasteiger partial charge in [0.25, 0.3) is 0 Å². The molecule has 0 amide bonds. The van der Waals surface area contributed by atoms with Gasteiger partial charge in [-0.2, -0.15) is 4.31 Å². The molecule has 0 aliphatic rings. The first-order valence-corrected chi connectivity index (χ1v) is 8.38. The molecular weight excluding hydrogens is 300 g/mol. The first-order chi connectivity index (χ1) is 9.47. The van der Waals surface area contributed by atoms with Crippen molar-refractivity contribution in [3.63, 3.8) is 0 Å². The van der Waals surface area contributed by atoms with E-state index >= 15 is 0 Å². The maximum absolute atomic E-state index is 12.5. The molecule has 0 radical (unpaired) electrons. The first-order valence-electron chi connectivity index (χ1n) is 6.56. The van der Waals surface area contributed by atoms with Gasteiger partial charge in [0.2, 0.25) is 10.0 Å². The normalized spacial score (nSPS) is 12.1. The van der Waals surface area contributed by atoms with Crippen LogP contribution in [0.5, 0.6) is 0 Å². The maximum Gasteiger partial charge on any atom is 0.244 e. The first kappa shape index (κ1) is 17.4. The van der Waals surface area contributed by atoms with Crippen LogP contribution in [-0.2, 0) is 16.6 Å². The molecule has 0 heterocycles. The standard InChI is InChI=1S/C13H21ClN2O3S/c1-2-3-6-16(7-8-17)20(18,19)13-5-4-11(10-15)9-12(13)14/h4-5,9,17H,2-3,6-8,10,15H2,1H3. The molecule has 0 atom stereocenters. The number of unbranched alkanes of at least 4 members (excludes halogenated alkanes) is 1. The minimum absolute atomic E-state index is 0.0564. The van der Waals surface area contributed by atoms with Gasteiger partial charge >= 0.3 is 0 Å². The summed E-state index contributed by atoms with van der Waals surface area (Å²) >= 11 is 6.05. The number of aliphatic hydroxyl groups is 1. The van der Waals surface area contributed by atoms with Crippen molar-refractivity contribution in [2.24, 2.45) is 5.73 Å². The highest BCUT2D eigenvalue weighted by Crippen LogP contribution is 2.26. The molecule has 20 heavy (non-hydrogen) atoms. The van der Waals surface area contributed by atoms with Crippen molar-refractivity contribution in [3.8, 4) is 0 Å². The largest absolute Gasteiger partial charge is 0.395 e. The molecule has 3 N–H and O–H groups in total. The fourth-order valence-corrected chi connectivity index (χ4v) is 3.83. The lowest BCUT2D eigenvalue weighted by Gasteiger charge is -2.21. The molecule has 5 nitrogen and oxygen atoms in total. The van der Waals surface area contributed by atoms with E-state index in [2.05, 4.69) is 0 Å². The number of sulfonamides is 1. The van der Waals surface area contributed by atoms with Crippen LogP contribution in [-0.4, -0.2) is 37.5 Å². The molecule has 0 aliphatic heterocycles. The van der Waals surface area contributed by atoms with Crippen molar-refractivity contribution in [3.05, 3.63) is 28.8 Å². The average molecular weight is 321 g/mol. The van der Waals surface area contributed by atoms with Crippen molar-refractivity contribution in [1.82, 2.24) is 4.31 Å². The Morgan fingerprint density at radius 3 is 2.55 bits per heavy atom. The lowest BCUT2D eigenvalue weighted by Crippen LogP contribution is -2.34. The zero-order valence-corrected chi connectivity index (χ0v) is 13.1. The highest BCUT2D eigenvalue weighted by molar-refractivity contribution is 7.89. The molecule has 1 aromatic rings. The van der Waals surface area contributed by atoms with Crippen LogP contribution in [0.2, 0.25) is 5.02 Å². The molecule has 0 spiro atoms.